The lowest BCUT2D eigenvalue weighted by Crippen LogP contribution is -2.16. The van der Waals surface area contributed by atoms with E-state index >= 15 is 0 Å². The van der Waals surface area contributed by atoms with Crippen LogP contribution in [0.2, 0.25) is 0 Å². The molecule has 0 radical (unpaired) electrons. The molecule has 0 spiro atoms. The molecule has 0 saturated carbocycles. The Hall–Kier alpha value is -1.06. The van der Waals surface area contributed by atoms with Gasteiger partial charge in [0.2, 0.25) is 0 Å². The monoisotopic (exact) mass is 188 g/mol. The molecule has 0 unspecified atom stereocenters. The highest BCUT2D eigenvalue weighted by Gasteiger charge is 2.13. The summed E-state index contributed by atoms with van der Waals surface area (Å²) in [5.74, 6) is -1.13. The van der Waals surface area contributed by atoms with Crippen molar-refractivity contribution in [2.45, 2.75) is 34.1 Å². The zero-order valence-corrected chi connectivity index (χ0v) is 8.49. The number of hydrogen-bond donors (Lipinski definition) is 0. The van der Waals surface area contributed by atoms with Crippen molar-refractivity contribution in [1.29, 1.82) is 0 Å². The van der Waals surface area contributed by atoms with Crippen molar-refractivity contribution in [3.8, 4) is 0 Å². The van der Waals surface area contributed by atoms with Gasteiger partial charge in [0.05, 0.1) is 12.3 Å². The summed E-state index contributed by atoms with van der Waals surface area (Å²) in [5, 5.41) is 0. The molecule has 0 rings (SSSR count). The molecule has 0 aromatic rings. The van der Waals surface area contributed by atoms with Crippen molar-refractivity contribution >= 4 is 11.9 Å². The van der Waals surface area contributed by atoms with Crippen LogP contribution in [0.25, 0.3) is 0 Å². The molecule has 0 atom stereocenters. The zero-order chi connectivity index (χ0) is 10.4. The summed E-state index contributed by atoms with van der Waals surface area (Å²) in [6.07, 6.45) is 0.255. The first kappa shape index (κ1) is 11.9. The highest BCUT2D eigenvalue weighted by atomic mass is 17.2. The molecule has 76 valence electrons. The maximum Gasteiger partial charge on any atom is 0.358 e. The van der Waals surface area contributed by atoms with Gasteiger partial charge in [0.25, 0.3) is 0 Å². The summed E-state index contributed by atoms with van der Waals surface area (Å²) in [7, 11) is 0. The van der Waals surface area contributed by atoms with Gasteiger partial charge in [-0.3, -0.25) is 0 Å². The average molecular weight is 188 g/mol. The van der Waals surface area contributed by atoms with Crippen LogP contribution in [0.1, 0.15) is 34.1 Å². The Balaban J connectivity index is 3.64. The maximum absolute atomic E-state index is 10.9. The van der Waals surface area contributed by atoms with Crippen molar-refractivity contribution in [3.63, 3.8) is 0 Å². The number of carbonyl (C=O) groups is 2. The third-order valence-corrected chi connectivity index (χ3v) is 1.26. The molecule has 0 fully saturated rings. The second kappa shape index (κ2) is 5.56. The van der Waals surface area contributed by atoms with Crippen LogP contribution in [-0.2, 0) is 19.4 Å². The molecular formula is C9H16O4. The van der Waals surface area contributed by atoms with Crippen molar-refractivity contribution in [2.24, 2.45) is 11.8 Å². The standard InChI is InChI=1S/C9H16O4/c1-6(2)5-8(10)12-13-9(11)7(3)4/h6-7H,5H2,1-4H3. The van der Waals surface area contributed by atoms with Gasteiger partial charge in [-0.1, -0.05) is 27.7 Å². The minimum Gasteiger partial charge on any atom is -0.247 e. The predicted molar refractivity (Wildman–Crippen MR) is 46.5 cm³/mol. The first-order valence-electron chi connectivity index (χ1n) is 4.34. The first-order valence-corrected chi connectivity index (χ1v) is 4.34. The van der Waals surface area contributed by atoms with Crippen LogP contribution in [0.4, 0.5) is 0 Å². The van der Waals surface area contributed by atoms with E-state index in [4.69, 9.17) is 0 Å². The molecule has 4 nitrogen and oxygen atoms in total. The van der Waals surface area contributed by atoms with E-state index in [1.807, 2.05) is 13.8 Å². The van der Waals surface area contributed by atoms with Crippen LogP contribution in [0.5, 0.6) is 0 Å². The van der Waals surface area contributed by atoms with Gasteiger partial charge in [0.15, 0.2) is 0 Å². The van der Waals surface area contributed by atoms with E-state index in [-0.39, 0.29) is 18.3 Å². The molecule has 0 aromatic carbocycles. The van der Waals surface area contributed by atoms with Crippen molar-refractivity contribution in [2.75, 3.05) is 0 Å². The minimum absolute atomic E-state index is 0.199. The van der Waals surface area contributed by atoms with Crippen LogP contribution in [-0.4, -0.2) is 11.9 Å². The van der Waals surface area contributed by atoms with Gasteiger partial charge in [-0.25, -0.2) is 19.4 Å². The van der Waals surface area contributed by atoms with E-state index in [0.717, 1.165) is 0 Å². The van der Waals surface area contributed by atoms with Gasteiger partial charge in [-0.05, 0) is 5.92 Å². The fourth-order valence-electron chi connectivity index (χ4n) is 0.551. The van der Waals surface area contributed by atoms with Crippen LogP contribution < -0.4 is 0 Å². The summed E-state index contributed by atoms with van der Waals surface area (Å²) in [6.45, 7) is 7.09. The van der Waals surface area contributed by atoms with Gasteiger partial charge >= 0.3 is 11.9 Å². The topological polar surface area (TPSA) is 52.6 Å². The molecule has 0 bridgehead atoms. The largest absolute Gasteiger partial charge is 0.358 e. The van der Waals surface area contributed by atoms with Gasteiger partial charge in [0, 0.05) is 0 Å². The van der Waals surface area contributed by atoms with E-state index < -0.39 is 11.9 Å². The van der Waals surface area contributed by atoms with E-state index in [9.17, 15) is 9.59 Å². The lowest BCUT2D eigenvalue weighted by atomic mass is 10.1. The molecule has 0 heterocycles. The first-order chi connectivity index (χ1) is 5.93. The highest BCUT2D eigenvalue weighted by molar-refractivity contribution is 5.74. The van der Waals surface area contributed by atoms with Crippen LogP contribution in [0.15, 0.2) is 0 Å². The molecule has 0 amide bonds. The Morgan fingerprint density at radius 2 is 1.62 bits per heavy atom. The molecule has 0 N–H and O–H groups in total. The van der Waals surface area contributed by atoms with E-state index in [1.165, 1.54) is 0 Å². The molecule has 0 saturated heterocycles. The Bertz CT molecular complexity index is 184. The number of hydrogen-bond acceptors (Lipinski definition) is 4. The molecule has 0 aliphatic carbocycles. The lowest BCUT2D eigenvalue weighted by Gasteiger charge is -2.05. The second-order valence-corrected chi connectivity index (χ2v) is 3.61. The van der Waals surface area contributed by atoms with Gasteiger partial charge in [0.1, 0.15) is 0 Å². The minimum atomic E-state index is -0.530. The van der Waals surface area contributed by atoms with E-state index in [1.54, 1.807) is 13.8 Å². The SMILES string of the molecule is CC(C)CC(=O)OOC(=O)C(C)C. The van der Waals surface area contributed by atoms with Crippen molar-refractivity contribution < 1.29 is 19.4 Å². The van der Waals surface area contributed by atoms with Crippen LogP contribution >= 0.6 is 0 Å². The number of rotatable bonds is 3. The maximum atomic E-state index is 10.9. The lowest BCUT2D eigenvalue weighted by molar-refractivity contribution is -0.262. The fourth-order valence-corrected chi connectivity index (χ4v) is 0.551. The van der Waals surface area contributed by atoms with Gasteiger partial charge in [-0.2, -0.15) is 0 Å². The summed E-state index contributed by atoms with van der Waals surface area (Å²) in [5.41, 5.74) is 0. The Morgan fingerprint density at radius 1 is 1.08 bits per heavy atom. The summed E-state index contributed by atoms with van der Waals surface area (Å²) >= 11 is 0. The van der Waals surface area contributed by atoms with E-state index in [0.29, 0.717) is 0 Å². The average Bonchev–Trinajstić information content (AvgIpc) is 1.98. The third kappa shape index (κ3) is 6.13. The van der Waals surface area contributed by atoms with Gasteiger partial charge < -0.3 is 0 Å². The molecular weight excluding hydrogens is 172 g/mol. The zero-order valence-electron chi connectivity index (χ0n) is 8.49. The van der Waals surface area contributed by atoms with Gasteiger partial charge in [-0.15, -0.1) is 0 Å². The summed E-state index contributed by atoms with van der Waals surface area (Å²) in [4.78, 5) is 30.3. The smallest absolute Gasteiger partial charge is 0.247 e. The molecule has 13 heavy (non-hydrogen) atoms. The number of carbonyl (C=O) groups excluding carboxylic acids is 2. The predicted octanol–water partition coefficient (Wildman–Crippen LogP) is 1.69. The Kier molecular flexibility index (Phi) is 5.11. The fraction of sp³-hybridized carbons (Fsp3) is 0.778. The highest BCUT2D eigenvalue weighted by Crippen LogP contribution is 2.03. The van der Waals surface area contributed by atoms with Crippen molar-refractivity contribution in [3.05, 3.63) is 0 Å². The molecule has 0 aliphatic rings. The Labute approximate surface area is 78.1 Å². The van der Waals surface area contributed by atoms with E-state index in [2.05, 4.69) is 9.78 Å². The molecule has 0 aliphatic heterocycles. The summed E-state index contributed by atoms with van der Waals surface area (Å²) < 4.78 is 0. The molecule has 0 aromatic heterocycles. The van der Waals surface area contributed by atoms with Crippen molar-refractivity contribution in [1.82, 2.24) is 0 Å². The van der Waals surface area contributed by atoms with Crippen LogP contribution in [0.3, 0.4) is 0 Å². The molecule has 4 heteroatoms. The second-order valence-electron chi connectivity index (χ2n) is 3.61. The third-order valence-electron chi connectivity index (χ3n) is 1.26. The summed E-state index contributed by atoms with van der Waals surface area (Å²) in [6, 6.07) is 0. The quantitative estimate of drug-likeness (QED) is 0.499. The normalized spacial score (nSPS) is 10.3. The van der Waals surface area contributed by atoms with Crippen LogP contribution in [0, 0.1) is 11.8 Å². The Morgan fingerprint density at radius 3 is 2.00 bits per heavy atom.